The molecule has 1 aromatic rings. The lowest BCUT2D eigenvalue weighted by atomic mass is 9.79. The maximum absolute atomic E-state index is 11.4. The molecule has 0 amide bonds. The Bertz CT molecular complexity index is 474. The van der Waals surface area contributed by atoms with Crippen LogP contribution in [-0.2, 0) is 4.74 Å². The number of rotatable bonds is 5. The van der Waals surface area contributed by atoms with Gasteiger partial charge in [0.05, 0.1) is 18.8 Å². The lowest BCUT2D eigenvalue weighted by Gasteiger charge is -2.35. The number of methoxy groups -OCH3 is 1. The first kappa shape index (κ1) is 16.0. The quantitative estimate of drug-likeness (QED) is 0.817. The van der Waals surface area contributed by atoms with Gasteiger partial charge in [0.25, 0.3) is 0 Å². The Morgan fingerprint density at radius 3 is 2.81 bits per heavy atom. The van der Waals surface area contributed by atoms with Gasteiger partial charge in [-0.2, -0.15) is 0 Å². The minimum absolute atomic E-state index is 0.0632. The van der Waals surface area contributed by atoms with E-state index in [4.69, 9.17) is 4.42 Å². The summed E-state index contributed by atoms with van der Waals surface area (Å²) in [5.41, 5.74) is -0.626. The zero-order chi connectivity index (χ0) is 15.5. The van der Waals surface area contributed by atoms with Crippen molar-refractivity contribution >= 4 is 5.97 Å². The van der Waals surface area contributed by atoms with Crippen LogP contribution in [0.1, 0.15) is 61.9 Å². The van der Waals surface area contributed by atoms with Crippen LogP contribution in [-0.4, -0.2) is 30.3 Å². The Kier molecular flexibility index (Phi) is 5.06. The lowest BCUT2D eigenvalue weighted by Crippen LogP contribution is -2.43. The maximum Gasteiger partial charge on any atom is 0.373 e. The van der Waals surface area contributed by atoms with Gasteiger partial charge in [-0.05, 0) is 50.7 Å². The van der Waals surface area contributed by atoms with Gasteiger partial charge in [0.1, 0.15) is 5.76 Å². The molecule has 0 bridgehead atoms. The highest BCUT2D eigenvalue weighted by Crippen LogP contribution is 2.31. The summed E-state index contributed by atoms with van der Waals surface area (Å²) >= 11 is 0. The molecule has 2 rings (SSSR count). The van der Waals surface area contributed by atoms with Crippen molar-refractivity contribution in [3.05, 3.63) is 23.7 Å². The average Bonchev–Trinajstić information content (AvgIpc) is 2.97. The predicted octanol–water partition coefficient (Wildman–Crippen LogP) is 2.66. The molecule has 1 atom stereocenters. The molecule has 0 spiro atoms. The van der Waals surface area contributed by atoms with E-state index in [1.807, 2.05) is 6.92 Å². The highest BCUT2D eigenvalue weighted by molar-refractivity contribution is 5.86. The number of nitrogens with one attached hydrogen (secondary N) is 1. The summed E-state index contributed by atoms with van der Waals surface area (Å²) in [7, 11) is 1.33. The number of carbonyl (C=O) groups excluding carboxylic acids is 1. The molecule has 0 radical (unpaired) electrons. The largest absolute Gasteiger partial charge is 0.463 e. The van der Waals surface area contributed by atoms with Crippen LogP contribution in [0.4, 0.5) is 0 Å². The molecule has 1 aliphatic rings. The van der Waals surface area contributed by atoms with Gasteiger partial charge in [0, 0.05) is 6.54 Å². The van der Waals surface area contributed by atoms with Gasteiger partial charge in [-0.25, -0.2) is 4.79 Å². The van der Waals surface area contributed by atoms with Gasteiger partial charge < -0.3 is 19.6 Å². The second-order valence-electron chi connectivity index (χ2n) is 6.20. The van der Waals surface area contributed by atoms with Crippen LogP contribution in [0.3, 0.4) is 0 Å². The molecule has 0 aromatic carbocycles. The smallest absolute Gasteiger partial charge is 0.373 e. The topological polar surface area (TPSA) is 71.7 Å². The third kappa shape index (κ3) is 4.08. The summed E-state index contributed by atoms with van der Waals surface area (Å²) in [6.07, 6.45) is 3.80. The second-order valence-corrected chi connectivity index (χ2v) is 6.20. The van der Waals surface area contributed by atoms with Crippen LogP contribution in [0.25, 0.3) is 0 Å². The van der Waals surface area contributed by atoms with Gasteiger partial charge in [-0.3, -0.25) is 0 Å². The van der Waals surface area contributed by atoms with Crippen LogP contribution in [0, 0.1) is 5.92 Å². The van der Waals surface area contributed by atoms with Gasteiger partial charge in [-0.15, -0.1) is 0 Å². The second kappa shape index (κ2) is 6.62. The zero-order valence-electron chi connectivity index (χ0n) is 13.0. The minimum Gasteiger partial charge on any atom is -0.463 e. The number of aliphatic hydroxyl groups is 1. The Morgan fingerprint density at radius 1 is 1.52 bits per heavy atom. The number of hydrogen-bond acceptors (Lipinski definition) is 5. The van der Waals surface area contributed by atoms with E-state index in [1.54, 1.807) is 12.1 Å². The molecule has 118 valence electrons. The molecule has 1 unspecified atom stereocenters. The fourth-order valence-corrected chi connectivity index (χ4v) is 2.72. The van der Waals surface area contributed by atoms with E-state index in [1.165, 1.54) is 7.11 Å². The molecule has 1 aromatic heterocycles. The molecule has 1 heterocycles. The fraction of sp³-hybridized carbons (Fsp3) is 0.688. The molecular weight excluding hydrogens is 270 g/mol. The highest BCUT2D eigenvalue weighted by Gasteiger charge is 2.32. The first-order valence-corrected chi connectivity index (χ1v) is 7.57. The van der Waals surface area contributed by atoms with Gasteiger partial charge in [-0.1, -0.05) is 6.92 Å². The minimum atomic E-state index is -0.626. The summed E-state index contributed by atoms with van der Waals surface area (Å²) in [6, 6.07) is 3.31. The van der Waals surface area contributed by atoms with Crippen molar-refractivity contribution in [1.29, 1.82) is 0 Å². The molecule has 0 saturated heterocycles. The van der Waals surface area contributed by atoms with Crippen molar-refractivity contribution in [3.63, 3.8) is 0 Å². The van der Waals surface area contributed by atoms with Crippen molar-refractivity contribution in [2.24, 2.45) is 5.92 Å². The predicted molar refractivity (Wildman–Crippen MR) is 79.0 cm³/mol. The van der Waals surface area contributed by atoms with Gasteiger partial charge in [0.2, 0.25) is 5.76 Å². The SMILES string of the molecule is COC(=O)c1ccc(C(C)NCC2(O)CCC(C)CC2)o1. The van der Waals surface area contributed by atoms with Gasteiger partial charge >= 0.3 is 5.97 Å². The molecule has 1 fully saturated rings. The Hall–Kier alpha value is -1.33. The molecule has 2 N–H and O–H groups in total. The monoisotopic (exact) mass is 295 g/mol. The van der Waals surface area contributed by atoms with Crippen molar-refractivity contribution in [3.8, 4) is 0 Å². The highest BCUT2D eigenvalue weighted by atomic mass is 16.5. The van der Waals surface area contributed by atoms with E-state index in [2.05, 4.69) is 17.0 Å². The normalized spacial score (nSPS) is 27.3. The van der Waals surface area contributed by atoms with Crippen LogP contribution in [0.15, 0.2) is 16.5 Å². The number of esters is 1. The van der Waals surface area contributed by atoms with Gasteiger partial charge in [0.15, 0.2) is 0 Å². The van der Waals surface area contributed by atoms with Crippen LogP contribution in [0.5, 0.6) is 0 Å². The number of ether oxygens (including phenoxy) is 1. The third-order valence-electron chi connectivity index (χ3n) is 4.38. The van der Waals surface area contributed by atoms with E-state index >= 15 is 0 Å². The van der Waals surface area contributed by atoms with E-state index in [0.717, 1.165) is 25.7 Å². The van der Waals surface area contributed by atoms with E-state index < -0.39 is 11.6 Å². The third-order valence-corrected chi connectivity index (χ3v) is 4.38. The van der Waals surface area contributed by atoms with Crippen LogP contribution < -0.4 is 5.32 Å². The van der Waals surface area contributed by atoms with E-state index in [-0.39, 0.29) is 11.8 Å². The number of hydrogen-bond donors (Lipinski definition) is 2. The summed E-state index contributed by atoms with van der Waals surface area (Å²) in [5, 5.41) is 13.8. The molecule has 1 aliphatic carbocycles. The van der Waals surface area contributed by atoms with Crippen molar-refractivity contribution < 1.29 is 19.1 Å². The standard InChI is InChI=1S/C16H25NO4/c1-11-6-8-16(19,9-7-11)10-17-12(2)13-4-5-14(21-13)15(18)20-3/h4-5,11-12,17,19H,6-10H2,1-3H3. The molecule has 5 nitrogen and oxygen atoms in total. The van der Waals surface area contributed by atoms with Crippen LogP contribution in [0.2, 0.25) is 0 Å². The number of furan rings is 1. The maximum atomic E-state index is 11.4. The Labute approximate surface area is 125 Å². The molecule has 21 heavy (non-hydrogen) atoms. The Balaban J connectivity index is 1.88. The summed E-state index contributed by atoms with van der Waals surface area (Å²) in [4.78, 5) is 11.4. The number of carbonyl (C=O) groups is 1. The fourth-order valence-electron chi connectivity index (χ4n) is 2.72. The zero-order valence-corrected chi connectivity index (χ0v) is 13.0. The van der Waals surface area contributed by atoms with Crippen molar-refractivity contribution in [1.82, 2.24) is 5.32 Å². The molecule has 5 heteroatoms. The molecular formula is C16H25NO4. The van der Waals surface area contributed by atoms with E-state index in [0.29, 0.717) is 18.2 Å². The lowest BCUT2D eigenvalue weighted by molar-refractivity contribution is -0.00829. The van der Waals surface area contributed by atoms with Crippen molar-refractivity contribution in [2.75, 3.05) is 13.7 Å². The summed E-state index contributed by atoms with van der Waals surface area (Å²) in [5.74, 6) is 1.10. The van der Waals surface area contributed by atoms with Crippen molar-refractivity contribution in [2.45, 2.75) is 51.2 Å². The first-order chi connectivity index (χ1) is 9.93. The molecule has 0 aliphatic heterocycles. The summed E-state index contributed by atoms with van der Waals surface area (Å²) in [6.45, 7) is 4.72. The van der Waals surface area contributed by atoms with E-state index in [9.17, 15) is 9.90 Å². The van der Waals surface area contributed by atoms with Crippen LogP contribution >= 0.6 is 0 Å². The first-order valence-electron chi connectivity index (χ1n) is 7.57. The Morgan fingerprint density at radius 2 is 2.19 bits per heavy atom. The summed E-state index contributed by atoms with van der Waals surface area (Å²) < 4.78 is 10.1. The average molecular weight is 295 g/mol. The molecule has 1 saturated carbocycles.